The van der Waals surface area contributed by atoms with Crippen LogP contribution in [0.3, 0.4) is 0 Å². The summed E-state index contributed by atoms with van der Waals surface area (Å²) in [5.41, 5.74) is 6.80. The zero-order valence-electron chi connectivity index (χ0n) is 19.8. The first-order chi connectivity index (χ1) is 18.4. The molecule has 0 atom stereocenters. The van der Waals surface area contributed by atoms with Gasteiger partial charge >= 0.3 is 0 Å². The smallest absolute Gasteiger partial charge is 0.248 e. The third kappa shape index (κ3) is 3.65. The van der Waals surface area contributed by atoms with Crippen LogP contribution in [0.5, 0.6) is 11.5 Å². The Bertz CT molecular complexity index is 1680. The summed E-state index contributed by atoms with van der Waals surface area (Å²) < 4.78 is 12.4. The van der Waals surface area contributed by atoms with Crippen LogP contribution in [0.25, 0.3) is 34.0 Å². The van der Waals surface area contributed by atoms with E-state index < -0.39 is 0 Å². The minimum atomic E-state index is 0.479. The Balaban J connectivity index is 1.40. The predicted octanol–water partition coefficient (Wildman–Crippen LogP) is 8.65. The number of aromatic nitrogens is 2. The van der Waals surface area contributed by atoms with Crippen molar-refractivity contribution in [1.29, 1.82) is 0 Å². The van der Waals surface area contributed by atoms with E-state index in [0.29, 0.717) is 11.8 Å². The van der Waals surface area contributed by atoms with E-state index in [1.54, 1.807) is 0 Å². The maximum absolute atomic E-state index is 6.24. The van der Waals surface area contributed by atoms with E-state index >= 15 is 0 Å². The van der Waals surface area contributed by atoms with E-state index in [1.807, 2.05) is 84.9 Å². The Morgan fingerprint density at radius 2 is 0.946 bits per heavy atom. The number of anilines is 3. The Morgan fingerprint density at radius 3 is 1.65 bits per heavy atom. The number of ether oxygens (including phenoxy) is 1. The number of hydrogen-bond acceptors (Lipinski definition) is 5. The van der Waals surface area contributed by atoms with Gasteiger partial charge in [0.2, 0.25) is 11.8 Å². The van der Waals surface area contributed by atoms with Crippen molar-refractivity contribution in [1.82, 2.24) is 10.2 Å². The van der Waals surface area contributed by atoms with Gasteiger partial charge < -0.3 is 14.1 Å². The van der Waals surface area contributed by atoms with Crippen LogP contribution in [0, 0.1) is 0 Å². The zero-order valence-corrected chi connectivity index (χ0v) is 19.8. The number of rotatable bonds is 4. The van der Waals surface area contributed by atoms with Crippen LogP contribution < -0.4 is 9.64 Å². The molecule has 2 heterocycles. The van der Waals surface area contributed by atoms with Gasteiger partial charge in [0, 0.05) is 16.7 Å². The topological polar surface area (TPSA) is 51.4 Å². The van der Waals surface area contributed by atoms with E-state index in [0.717, 1.165) is 50.8 Å². The second-order valence-corrected chi connectivity index (χ2v) is 8.71. The molecular weight excluding hydrogens is 458 g/mol. The minimum Gasteiger partial charge on any atom is -0.453 e. The fourth-order valence-corrected chi connectivity index (χ4v) is 4.79. The number of hydrogen-bond donors (Lipinski definition) is 0. The molecule has 0 unspecified atom stereocenters. The average Bonchev–Trinajstić information content (AvgIpc) is 3.47. The van der Waals surface area contributed by atoms with Crippen molar-refractivity contribution in [2.45, 2.75) is 0 Å². The van der Waals surface area contributed by atoms with Crippen molar-refractivity contribution >= 4 is 17.1 Å². The minimum absolute atomic E-state index is 0.479. The van der Waals surface area contributed by atoms with Crippen LogP contribution in [-0.4, -0.2) is 10.2 Å². The third-order valence-electron chi connectivity index (χ3n) is 6.47. The van der Waals surface area contributed by atoms with Gasteiger partial charge in [0.05, 0.1) is 17.1 Å². The predicted molar refractivity (Wildman–Crippen MR) is 145 cm³/mol. The molecule has 5 nitrogen and oxygen atoms in total. The third-order valence-corrected chi connectivity index (χ3v) is 6.47. The van der Waals surface area contributed by atoms with Crippen molar-refractivity contribution in [3.63, 3.8) is 0 Å². The van der Waals surface area contributed by atoms with E-state index in [4.69, 9.17) is 9.15 Å². The molecule has 0 saturated carbocycles. The van der Waals surface area contributed by atoms with E-state index in [1.165, 1.54) is 0 Å². The van der Waals surface area contributed by atoms with Gasteiger partial charge in [-0.2, -0.15) is 0 Å². The molecule has 5 heteroatoms. The second-order valence-electron chi connectivity index (χ2n) is 8.71. The SMILES string of the molecule is c1ccc(-c2nnc(-c3ccccc3-c3ccccc3N3c4ccccc4Oc4ccccc43)o2)cc1. The molecule has 0 saturated heterocycles. The molecule has 0 spiro atoms. The zero-order chi connectivity index (χ0) is 24.6. The number of fused-ring (bicyclic) bond motifs is 2. The number of nitrogens with zero attached hydrogens (tertiary/aromatic N) is 3. The van der Waals surface area contributed by atoms with Crippen LogP contribution in [-0.2, 0) is 0 Å². The Labute approximate surface area is 214 Å². The average molecular weight is 480 g/mol. The Hall–Kier alpha value is -5.16. The number of para-hydroxylation sites is 5. The Morgan fingerprint density at radius 1 is 0.432 bits per heavy atom. The molecule has 0 amide bonds. The van der Waals surface area contributed by atoms with Gasteiger partial charge in [-0.1, -0.05) is 78.9 Å². The van der Waals surface area contributed by atoms with Gasteiger partial charge in [-0.3, -0.25) is 0 Å². The summed E-state index contributed by atoms with van der Waals surface area (Å²) in [4.78, 5) is 2.25. The van der Waals surface area contributed by atoms with Crippen molar-refractivity contribution in [3.8, 4) is 45.5 Å². The molecule has 0 bridgehead atoms. The first-order valence-electron chi connectivity index (χ1n) is 12.1. The summed E-state index contributed by atoms with van der Waals surface area (Å²) in [6.07, 6.45) is 0. The van der Waals surface area contributed by atoms with Crippen LogP contribution in [0.4, 0.5) is 17.1 Å². The highest BCUT2D eigenvalue weighted by atomic mass is 16.5. The molecule has 1 aliphatic heterocycles. The molecule has 37 heavy (non-hydrogen) atoms. The summed E-state index contributed by atoms with van der Waals surface area (Å²) in [7, 11) is 0. The number of benzene rings is 5. The standard InChI is InChI=1S/C32H21N3O2/c1-2-12-22(13-3-1)31-33-34-32(37-31)25-16-5-4-14-23(25)24-15-6-7-17-26(24)35-27-18-8-10-20-29(27)36-30-21-11-9-19-28(30)35/h1-21H. The summed E-state index contributed by atoms with van der Waals surface area (Å²) in [6, 6.07) is 42.5. The van der Waals surface area contributed by atoms with Gasteiger partial charge in [-0.15, -0.1) is 10.2 Å². The summed E-state index contributed by atoms with van der Waals surface area (Å²) in [5.74, 6) is 2.60. The van der Waals surface area contributed by atoms with Crippen LogP contribution in [0.2, 0.25) is 0 Å². The van der Waals surface area contributed by atoms with Gasteiger partial charge in [0.25, 0.3) is 0 Å². The molecule has 1 aliphatic rings. The first-order valence-corrected chi connectivity index (χ1v) is 12.1. The van der Waals surface area contributed by atoms with Gasteiger partial charge in [0.1, 0.15) is 0 Å². The normalized spacial score (nSPS) is 11.9. The van der Waals surface area contributed by atoms with E-state index in [-0.39, 0.29) is 0 Å². The van der Waals surface area contributed by atoms with Gasteiger partial charge in [-0.05, 0) is 54.1 Å². The lowest BCUT2D eigenvalue weighted by molar-refractivity contribution is 0.477. The molecule has 7 rings (SSSR count). The fourth-order valence-electron chi connectivity index (χ4n) is 4.79. The summed E-state index contributed by atoms with van der Waals surface area (Å²) in [6.45, 7) is 0. The van der Waals surface area contributed by atoms with Crippen molar-refractivity contribution in [2.75, 3.05) is 4.90 Å². The largest absolute Gasteiger partial charge is 0.453 e. The molecule has 6 aromatic rings. The monoisotopic (exact) mass is 479 g/mol. The molecule has 0 aliphatic carbocycles. The second kappa shape index (κ2) is 8.81. The maximum atomic E-state index is 6.24. The fraction of sp³-hybridized carbons (Fsp3) is 0. The molecule has 0 radical (unpaired) electrons. The van der Waals surface area contributed by atoms with E-state index in [9.17, 15) is 0 Å². The highest BCUT2D eigenvalue weighted by Gasteiger charge is 2.27. The lowest BCUT2D eigenvalue weighted by Crippen LogP contribution is -2.16. The molecule has 0 N–H and O–H groups in total. The van der Waals surface area contributed by atoms with Crippen molar-refractivity contribution < 1.29 is 9.15 Å². The molecule has 176 valence electrons. The van der Waals surface area contributed by atoms with Crippen molar-refractivity contribution in [3.05, 3.63) is 127 Å². The van der Waals surface area contributed by atoms with Crippen LogP contribution in [0.15, 0.2) is 132 Å². The molecule has 5 aromatic carbocycles. The lowest BCUT2D eigenvalue weighted by Gasteiger charge is -2.34. The molecule has 1 aromatic heterocycles. The van der Waals surface area contributed by atoms with E-state index in [2.05, 4.69) is 57.6 Å². The van der Waals surface area contributed by atoms with Gasteiger partial charge in [0.15, 0.2) is 11.5 Å². The van der Waals surface area contributed by atoms with Crippen LogP contribution in [0.1, 0.15) is 0 Å². The summed E-state index contributed by atoms with van der Waals surface area (Å²) >= 11 is 0. The quantitative estimate of drug-likeness (QED) is 0.253. The highest BCUT2D eigenvalue weighted by molar-refractivity contribution is 5.95. The van der Waals surface area contributed by atoms with Gasteiger partial charge in [-0.25, -0.2) is 0 Å². The summed E-state index contributed by atoms with van der Waals surface area (Å²) in [5, 5.41) is 8.74. The molecular formula is C32H21N3O2. The van der Waals surface area contributed by atoms with Crippen LogP contribution >= 0.6 is 0 Å². The lowest BCUT2D eigenvalue weighted by atomic mass is 9.96. The Kier molecular flexibility index (Phi) is 5.03. The first kappa shape index (κ1) is 21.1. The van der Waals surface area contributed by atoms with Crippen molar-refractivity contribution in [2.24, 2.45) is 0 Å². The highest BCUT2D eigenvalue weighted by Crippen LogP contribution is 2.52. The molecule has 0 fully saturated rings. The maximum Gasteiger partial charge on any atom is 0.248 e.